The van der Waals surface area contributed by atoms with Crippen LogP contribution < -0.4 is 10.1 Å². The molecule has 0 atom stereocenters. The summed E-state index contributed by atoms with van der Waals surface area (Å²) < 4.78 is 5.73. The van der Waals surface area contributed by atoms with Crippen LogP contribution in [-0.2, 0) is 6.61 Å². The molecule has 0 amide bonds. The van der Waals surface area contributed by atoms with E-state index in [0.29, 0.717) is 6.61 Å². The van der Waals surface area contributed by atoms with Crippen LogP contribution in [0.1, 0.15) is 27.9 Å². The largest absolute Gasteiger partial charge is 0.489 e. The zero-order valence-corrected chi connectivity index (χ0v) is 12.7. The Kier molecular flexibility index (Phi) is 4.57. The van der Waals surface area contributed by atoms with Crippen LogP contribution in [0.15, 0.2) is 53.5 Å². The van der Waals surface area contributed by atoms with Crippen LogP contribution in [0.5, 0.6) is 5.75 Å². The minimum Gasteiger partial charge on any atom is -0.489 e. The van der Waals surface area contributed by atoms with Gasteiger partial charge >= 0.3 is 5.97 Å². The Balaban J connectivity index is 1.60. The highest BCUT2D eigenvalue weighted by atomic mass is 16.5. The number of hydrogen-bond acceptors (Lipinski definition) is 4. The molecule has 0 fully saturated rings. The van der Waals surface area contributed by atoms with Crippen molar-refractivity contribution in [1.29, 1.82) is 0 Å². The van der Waals surface area contributed by atoms with Crippen LogP contribution in [0.3, 0.4) is 0 Å². The summed E-state index contributed by atoms with van der Waals surface area (Å²) in [5.41, 5.74) is 2.26. The first-order chi connectivity index (χ1) is 11.2. The van der Waals surface area contributed by atoms with E-state index in [4.69, 9.17) is 9.84 Å². The van der Waals surface area contributed by atoms with Crippen molar-refractivity contribution in [2.75, 3.05) is 13.1 Å². The maximum absolute atomic E-state index is 10.8. The Hall–Kier alpha value is -2.82. The third-order valence-electron chi connectivity index (χ3n) is 3.63. The number of rotatable bonds is 5. The van der Waals surface area contributed by atoms with Gasteiger partial charge in [0.2, 0.25) is 0 Å². The molecule has 1 heterocycles. The Morgan fingerprint density at radius 1 is 1.13 bits per heavy atom. The molecule has 0 saturated heterocycles. The van der Waals surface area contributed by atoms with Crippen molar-refractivity contribution >= 4 is 11.8 Å². The highest BCUT2D eigenvalue weighted by Crippen LogP contribution is 2.15. The predicted molar refractivity (Wildman–Crippen MR) is 88.2 cm³/mol. The minimum absolute atomic E-state index is 0.277. The molecule has 2 N–H and O–H groups in total. The summed E-state index contributed by atoms with van der Waals surface area (Å²) in [6.45, 7) is 2.23. The average molecular weight is 310 g/mol. The second-order valence-electron chi connectivity index (χ2n) is 5.33. The van der Waals surface area contributed by atoms with E-state index >= 15 is 0 Å². The summed E-state index contributed by atoms with van der Waals surface area (Å²) in [7, 11) is 0. The smallest absolute Gasteiger partial charge is 0.335 e. The molecular formula is C18H18N2O3. The van der Waals surface area contributed by atoms with E-state index in [9.17, 15) is 4.79 Å². The van der Waals surface area contributed by atoms with Gasteiger partial charge in [-0.1, -0.05) is 12.1 Å². The molecule has 23 heavy (non-hydrogen) atoms. The van der Waals surface area contributed by atoms with Gasteiger partial charge in [0.1, 0.15) is 18.2 Å². The van der Waals surface area contributed by atoms with Crippen molar-refractivity contribution in [3.63, 3.8) is 0 Å². The number of nitrogens with zero attached hydrogens (tertiary/aromatic N) is 1. The number of aromatic carboxylic acids is 1. The number of ether oxygens (including phenoxy) is 1. The van der Waals surface area contributed by atoms with E-state index in [1.807, 2.05) is 24.3 Å². The quantitative estimate of drug-likeness (QED) is 0.891. The summed E-state index contributed by atoms with van der Waals surface area (Å²) in [5.74, 6) is 0.784. The van der Waals surface area contributed by atoms with Crippen LogP contribution in [0, 0.1) is 0 Å². The maximum atomic E-state index is 10.8. The van der Waals surface area contributed by atoms with Crippen LogP contribution in [0.2, 0.25) is 0 Å². The monoisotopic (exact) mass is 310 g/mol. The first kappa shape index (κ1) is 15.1. The van der Waals surface area contributed by atoms with Crippen LogP contribution in [-0.4, -0.2) is 30.0 Å². The van der Waals surface area contributed by atoms with Crippen molar-refractivity contribution in [3.8, 4) is 5.75 Å². The normalized spacial score (nSPS) is 13.8. The molecule has 5 heteroatoms. The number of nitrogens with one attached hydrogen (secondary N) is 1. The van der Waals surface area contributed by atoms with E-state index < -0.39 is 5.97 Å². The standard InChI is InChI=1S/C18H18N2O3/c21-18(22)15-4-2-13(3-5-15)12-23-16-8-6-14(7-9-16)17-19-10-1-11-20-17/h2-9H,1,10-12H2,(H,19,20)(H,21,22). The van der Waals surface area contributed by atoms with Gasteiger partial charge in [0, 0.05) is 18.7 Å². The summed E-state index contributed by atoms with van der Waals surface area (Å²) in [4.78, 5) is 15.3. The summed E-state index contributed by atoms with van der Waals surface area (Å²) in [6.07, 6.45) is 1.07. The lowest BCUT2D eigenvalue weighted by Crippen LogP contribution is -2.30. The van der Waals surface area contributed by atoms with Gasteiger partial charge in [0.15, 0.2) is 0 Å². The second-order valence-corrected chi connectivity index (χ2v) is 5.33. The molecule has 0 unspecified atom stereocenters. The van der Waals surface area contributed by atoms with Crippen molar-refractivity contribution in [2.45, 2.75) is 13.0 Å². The predicted octanol–water partition coefficient (Wildman–Crippen LogP) is 2.70. The highest BCUT2D eigenvalue weighted by molar-refractivity contribution is 5.99. The van der Waals surface area contributed by atoms with E-state index in [2.05, 4.69) is 10.3 Å². The van der Waals surface area contributed by atoms with E-state index in [0.717, 1.165) is 42.2 Å². The highest BCUT2D eigenvalue weighted by Gasteiger charge is 2.07. The van der Waals surface area contributed by atoms with Gasteiger partial charge < -0.3 is 15.2 Å². The van der Waals surface area contributed by atoms with E-state index in [-0.39, 0.29) is 5.56 Å². The Morgan fingerprint density at radius 2 is 1.87 bits per heavy atom. The number of amidine groups is 1. The van der Waals surface area contributed by atoms with Crippen LogP contribution in [0.25, 0.3) is 0 Å². The van der Waals surface area contributed by atoms with Crippen LogP contribution >= 0.6 is 0 Å². The molecule has 118 valence electrons. The van der Waals surface area contributed by atoms with Crippen molar-refractivity contribution in [3.05, 3.63) is 65.2 Å². The SMILES string of the molecule is O=C(O)c1ccc(COc2ccc(C3=NCCCN3)cc2)cc1. The molecule has 1 aliphatic rings. The van der Waals surface area contributed by atoms with Gasteiger partial charge in [0.25, 0.3) is 0 Å². The number of carboxylic acids is 1. The Bertz CT molecular complexity index is 706. The molecular weight excluding hydrogens is 292 g/mol. The number of hydrogen-bond donors (Lipinski definition) is 2. The lowest BCUT2D eigenvalue weighted by molar-refractivity contribution is 0.0697. The number of carboxylic acid groups (broad SMARTS) is 1. The molecule has 1 aliphatic heterocycles. The van der Waals surface area contributed by atoms with E-state index in [1.165, 1.54) is 0 Å². The second kappa shape index (κ2) is 6.96. The molecule has 5 nitrogen and oxygen atoms in total. The number of carbonyl (C=O) groups is 1. The zero-order chi connectivity index (χ0) is 16.1. The van der Waals surface area contributed by atoms with Gasteiger partial charge in [-0.25, -0.2) is 4.79 Å². The molecule has 0 spiro atoms. The van der Waals surface area contributed by atoms with Gasteiger partial charge in [-0.15, -0.1) is 0 Å². The van der Waals surface area contributed by atoms with Gasteiger partial charge in [-0.3, -0.25) is 4.99 Å². The average Bonchev–Trinajstić information content (AvgIpc) is 2.61. The third kappa shape index (κ3) is 3.88. The van der Waals surface area contributed by atoms with Gasteiger partial charge in [0.05, 0.1) is 5.56 Å². The molecule has 0 aromatic heterocycles. The Morgan fingerprint density at radius 3 is 2.48 bits per heavy atom. The number of benzene rings is 2. The van der Waals surface area contributed by atoms with Crippen molar-refractivity contribution < 1.29 is 14.6 Å². The summed E-state index contributed by atoms with van der Waals surface area (Å²) in [6, 6.07) is 14.5. The first-order valence-corrected chi connectivity index (χ1v) is 7.56. The molecule has 0 radical (unpaired) electrons. The third-order valence-corrected chi connectivity index (χ3v) is 3.63. The zero-order valence-electron chi connectivity index (χ0n) is 12.7. The molecule has 3 rings (SSSR count). The lowest BCUT2D eigenvalue weighted by Gasteiger charge is -2.15. The molecule has 2 aromatic carbocycles. The molecule has 0 saturated carbocycles. The van der Waals surface area contributed by atoms with Crippen molar-refractivity contribution in [1.82, 2.24) is 5.32 Å². The molecule has 2 aromatic rings. The fourth-order valence-corrected chi connectivity index (χ4v) is 2.35. The first-order valence-electron chi connectivity index (χ1n) is 7.56. The van der Waals surface area contributed by atoms with Crippen molar-refractivity contribution in [2.24, 2.45) is 4.99 Å². The fourth-order valence-electron chi connectivity index (χ4n) is 2.35. The minimum atomic E-state index is -0.924. The summed E-state index contributed by atoms with van der Waals surface area (Å²) in [5, 5.41) is 12.2. The van der Waals surface area contributed by atoms with E-state index in [1.54, 1.807) is 24.3 Å². The van der Waals surface area contributed by atoms with Gasteiger partial charge in [-0.05, 0) is 48.4 Å². The maximum Gasteiger partial charge on any atom is 0.335 e. The topological polar surface area (TPSA) is 70.9 Å². The summed E-state index contributed by atoms with van der Waals surface area (Å²) >= 11 is 0. The lowest BCUT2D eigenvalue weighted by atomic mass is 10.1. The molecule has 0 aliphatic carbocycles. The molecule has 0 bridgehead atoms. The fraction of sp³-hybridized carbons (Fsp3) is 0.222. The van der Waals surface area contributed by atoms with Crippen LogP contribution in [0.4, 0.5) is 0 Å². The Labute approximate surface area is 134 Å². The number of aliphatic imine (C=N–C) groups is 1. The van der Waals surface area contributed by atoms with Gasteiger partial charge in [-0.2, -0.15) is 0 Å².